The molecule has 1 aliphatic carbocycles. The molecule has 1 aliphatic rings. The van der Waals surface area contributed by atoms with Crippen LogP contribution in [0.1, 0.15) is 0 Å². The highest BCUT2D eigenvalue weighted by molar-refractivity contribution is 8.12. The second kappa shape index (κ2) is 5.78. The molecule has 1 fully saturated rings. The first kappa shape index (κ1) is 14.4. The standard InChI is InChI=1S/C6H10O8PS/c7-1-2(8)4(10)6(5(11)3(1)9)14-15-16(12)13/h1-8,10-11H/q-3/t1-,2+,3+,4+,5-,6-/m0/s1. The molecule has 0 aromatic rings. The molecule has 4 N–H and O–H groups in total. The van der Waals surface area contributed by atoms with Gasteiger partial charge < -0.3 is 49.8 Å². The van der Waals surface area contributed by atoms with Crippen molar-refractivity contribution in [1.29, 1.82) is 0 Å². The van der Waals surface area contributed by atoms with Crippen molar-refractivity contribution in [3.05, 3.63) is 0 Å². The summed E-state index contributed by atoms with van der Waals surface area (Å²) in [7, 11) is -3.17. The Morgan fingerprint density at radius 1 is 0.938 bits per heavy atom. The van der Waals surface area contributed by atoms with Crippen molar-refractivity contribution < 1.29 is 39.2 Å². The molecule has 1 rings (SSSR count). The molecule has 0 aromatic carbocycles. The molecule has 16 heavy (non-hydrogen) atoms. The fourth-order valence-corrected chi connectivity index (χ4v) is 2.32. The lowest BCUT2D eigenvalue weighted by Crippen LogP contribution is -2.67. The van der Waals surface area contributed by atoms with Gasteiger partial charge in [-0.05, 0) is 0 Å². The van der Waals surface area contributed by atoms with E-state index in [1.807, 2.05) is 0 Å². The molecule has 0 bridgehead atoms. The van der Waals surface area contributed by atoms with E-state index in [2.05, 4.69) is 4.52 Å². The van der Waals surface area contributed by atoms with Gasteiger partial charge in [-0.2, -0.15) is 0 Å². The van der Waals surface area contributed by atoms with Crippen molar-refractivity contribution in [3.8, 4) is 0 Å². The average Bonchev–Trinajstić information content (AvgIpc) is 2.23. The number of rotatable bonds is 2. The summed E-state index contributed by atoms with van der Waals surface area (Å²) in [5.74, 6) is 0. The van der Waals surface area contributed by atoms with Crippen molar-refractivity contribution in [2.75, 3.05) is 0 Å². The van der Waals surface area contributed by atoms with Gasteiger partial charge in [0.05, 0.1) is 19.8 Å². The lowest BCUT2D eigenvalue weighted by molar-refractivity contribution is -0.473. The minimum absolute atomic E-state index is 0.578. The Balaban J connectivity index is 2.78. The summed E-state index contributed by atoms with van der Waals surface area (Å²) >= 11 is 0. The Morgan fingerprint density at radius 3 is 2.00 bits per heavy atom. The van der Waals surface area contributed by atoms with E-state index in [9.17, 15) is 29.5 Å². The lowest BCUT2D eigenvalue weighted by Gasteiger charge is -2.46. The quantitative estimate of drug-likeness (QED) is 0.373. The van der Waals surface area contributed by atoms with E-state index in [1.54, 1.807) is 0 Å². The monoisotopic (exact) mass is 273 g/mol. The molecule has 96 valence electrons. The third-order valence-electron chi connectivity index (χ3n) is 2.27. The predicted molar refractivity (Wildman–Crippen MR) is 48.5 cm³/mol. The van der Waals surface area contributed by atoms with Crippen molar-refractivity contribution in [3.63, 3.8) is 0 Å². The Kier molecular flexibility index (Phi) is 5.20. The van der Waals surface area contributed by atoms with Gasteiger partial charge in [0.2, 0.25) is 0 Å². The SMILES string of the molecule is [O-][C@@H]1[C@@H](O)[C@@H](O)[C@@H](O)[C@H](OP=S([O-])[O-])[C@H]1O. The van der Waals surface area contributed by atoms with Crippen LogP contribution in [0.3, 0.4) is 0 Å². The Labute approximate surface area is 94.6 Å². The molecule has 0 unspecified atom stereocenters. The molecule has 8 nitrogen and oxygen atoms in total. The smallest absolute Gasteiger partial charge is 0.122 e. The van der Waals surface area contributed by atoms with Gasteiger partial charge in [0.1, 0.15) is 18.3 Å². The van der Waals surface area contributed by atoms with E-state index >= 15 is 0 Å². The molecule has 0 radical (unpaired) electrons. The van der Waals surface area contributed by atoms with Crippen LogP contribution in [0.15, 0.2) is 0 Å². The maximum absolute atomic E-state index is 11.2. The van der Waals surface area contributed by atoms with Crippen molar-refractivity contribution in [2.24, 2.45) is 0 Å². The molecule has 0 aromatic heterocycles. The number of aliphatic hydroxyl groups is 4. The highest BCUT2D eigenvalue weighted by Crippen LogP contribution is 2.25. The van der Waals surface area contributed by atoms with Crippen molar-refractivity contribution in [1.82, 2.24) is 0 Å². The molecule has 0 amide bonds. The van der Waals surface area contributed by atoms with Gasteiger partial charge in [-0.1, -0.05) is 6.10 Å². The van der Waals surface area contributed by atoms with Crippen LogP contribution >= 0.6 is 7.58 Å². The maximum Gasteiger partial charge on any atom is 0.122 e. The fourth-order valence-electron chi connectivity index (χ4n) is 1.39. The molecule has 10 heteroatoms. The zero-order valence-corrected chi connectivity index (χ0v) is 9.45. The van der Waals surface area contributed by atoms with E-state index in [0.717, 1.165) is 0 Å². The number of hydrogen-bond donors (Lipinski definition) is 4. The first-order chi connectivity index (χ1) is 7.36. The Morgan fingerprint density at radius 2 is 1.50 bits per heavy atom. The van der Waals surface area contributed by atoms with Crippen LogP contribution in [-0.4, -0.2) is 66.2 Å². The summed E-state index contributed by atoms with van der Waals surface area (Å²) in [5, 5.41) is 48.3. The van der Waals surface area contributed by atoms with E-state index < -0.39 is 54.8 Å². The number of hydrogen-bond acceptors (Lipinski definition) is 8. The molecule has 1 saturated carbocycles. The van der Waals surface area contributed by atoms with Gasteiger partial charge in [-0.25, -0.2) is 0 Å². The minimum atomic E-state index is -2.60. The van der Waals surface area contributed by atoms with E-state index in [4.69, 9.17) is 5.11 Å². The van der Waals surface area contributed by atoms with Gasteiger partial charge in [0.15, 0.2) is 0 Å². The molecular weight excluding hydrogens is 263 g/mol. The van der Waals surface area contributed by atoms with Gasteiger partial charge in [-0.15, -0.1) is 0 Å². The summed E-state index contributed by atoms with van der Waals surface area (Å²) in [4.78, 5) is 0. The maximum atomic E-state index is 11.2. The summed E-state index contributed by atoms with van der Waals surface area (Å²) in [6, 6.07) is 0. The summed E-state index contributed by atoms with van der Waals surface area (Å²) in [5.41, 5.74) is 0. The second-order valence-corrected chi connectivity index (χ2v) is 5.42. The Hall–Kier alpha value is 0.330. The first-order valence-corrected chi connectivity index (χ1v) is 6.70. The van der Waals surface area contributed by atoms with Gasteiger partial charge in [0.25, 0.3) is 0 Å². The highest BCUT2D eigenvalue weighted by Gasteiger charge is 2.44. The summed E-state index contributed by atoms with van der Waals surface area (Å²) in [6.45, 7) is 0. The Bertz CT molecular complexity index is 255. The van der Waals surface area contributed by atoms with Gasteiger partial charge in [0, 0.05) is 0 Å². The summed E-state index contributed by atoms with van der Waals surface area (Å²) in [6.07, 6.45) is -10.7. The molecule has 0 saturated heterocycles. The van der Waals surface area contributed by atoms with Gasteiger partial charge in [-0.3, -0.25) is 0 Å². The second-order valence-electron chi connectivity index (χ2n) is 3.29. The van der Waals surface area contributed by atoms with Crippen LogP contribution in [0.2, 0.25) is 0 Å². The lowest BCUT2D eigenvalue weighted by atomic mass is 9.85. The third kappa shape index (κ3) is 2.96. The highest BCUT2D eigenvalue weighted by atomic mass is 32.5. The van der Waals surface area contributed by atoms with E-state index in [1.165, 1.54) is 0 Å². The topological polar surface area (TPSA) is 159 Å². The number of aliphatic hydroxyl groups excluding tert-OH is 4. The van der Waals surface area contributed by atoms with Crippen LogP contribution < -0.4 is 5.11 Å². The van der Waals surface area contributed by atoms with Crippen LogP contribution in [0.25, 0.3) is 0 Å². The van der Waals surface area contributed by atoms with Crippen LogP contribution in [-0.2, 0) is 15.2 Å². The molecule has 0 heterocycles. The van der Waals surface area contributed by atoms with E-state index in [0.29, 0.717) is 0 Å². The van der Waals surface area contributed by atoms with Crippen LogP contribution in [0.4, 0.5) is 0 Å². The molecule has 0 aliphatic heterocycles. The molecule has 6 atom stereocenters. The van der Waals surface area contributed by atoms with E-state index in [-0.39, 0.29) is 0 Å². The fraction of sp³-hybridized carbons (Fsp3) is 1.00. The third-order valence-corrected chi connectivity index (χ3v) is 3.35. The summed E-state index contributed by atoms with van der Waals surface area (Å²) < 4.78 is 24.9. The molecular formula is C6H10O8PS-3. The van der Waals surface area contributed by atoms with Crippen LogP contribution in [0.5, 0.6) is 0 Å². The zero-order chi connectivity index (χ0) is 12.5. The van der Waals surface area contributed by atoms with Crippen LogP contribution in [0, 0.1) is 0 Å². The minimum Gasteiger partial charge on any atom is -0.848 e. The first-order valence-electron chi connectivity index (χ1n) is 4.20. The van der Waals surface area contributed by atoms with Crippen molar-refractivity contribution >= 4 is 18.2 Å². The normalized spacial score (nSPS) is 45.2. The zero-order valence-electron chi connectivity index (χ0n) is 7.74. The average molecular weight is 273 g/mol. The predicted octanol–water partition coefficient (Wildman–Crippen LogP) is -3.79. The van der Waals surface area contributed by atoms with Crippen molar-refractivity contribution in [2.45, 2.75) is 36.6 Å². The van der Waals surface area contributed by atoms with Gasteiger partial charge >= 0.3 is 0 Å². The molecule has 0 spiro atoms. The largest absolute Gasteiger partial charge is 0.848 e.